The minimum atomic E-state index is -3.05. The molecule has 1 aromatic heterocycles. The van der Waals surface area contributed by atoms with Crippen LogP contribution in [0.3, 0.4) is 0 Å². The summed E-state index contributed by atoms with van der Waals surface area (Å²) in [5, 5.41) is -0.370. The number of nitrogen functional groups attached to an aromatic ring is 1. The van der Waals surface area contributed by atoms with Crippen LogP contribution in [0.5, 0.6) is 0 Å². The molecular formula is C15H15N3O3. The number of anilines is 1. The van der Waals surface area contributed by atoms with E-state index >= 15 is 0 Å². The molecule has 1 fully saturated rings. The van der Waals surface area contributed by atoms with Crippen LogP contribution in [-0.2, 0) is 9.59 Å². The first-order valence-electron chi connectivity index (χ1n) is 9.70. The van der Waals surface area contributed by atoms with Crippen molar-refractivity contribution in [2.45, 2.75) is 32.1 Å². The number of nitrogens with zero attached hydrogens (tertiary/aromatic N) is 2. The van der Waals surface area contributed by atoms with Gasteiger partial charge >= 0.3 is 0 Å². The molecule has 0 aliphatic heterocycles. The lowest BCUT2D eigenvalue weighted by Crippen LogP contribution is -2.36. The zero-order valence-corrected chi connectivity index (χ0v) is 10.7. The number of aryl methyl sites for hydroxylation is 1. The van der Waals surface area contributed by atoms with Gasteiger partial charge in [0.25, 0.3) is 5.56 Å². The standard InChI is InChI=1S/C15H15N3O3/c1-8-17-11-4-2-3-10(16)14(11)15(21)18(8)12-6-5-9(19)7-13(12)20/h2-4,12H,5-7,16H2,1H3/i1D3,3D,5D,6D,12D. The average molecular weight is 292 g/mol. The topological polar surface area (TPSA) is 95.0 Å². The molecule has 2 aromatic rings. The predicted molar refractivity (Wildman–Crippen MR) is 78.1 cm³/mol. The van der Waals surface area contributed by atoms with Crippen molar-refractivity contribution in [2.75, 3.05) is 5.73 Å². The molecule has 3 atom stereocenters. The predicted octanol–water partition coefficient (Wildman–Crippen LogP) is 1.15. The van der Waals surface area contributed by atoms with E-state index in [4.69, 9.17) is 15.3 Å². The first-order chi connectivity index (χ1) is 12.8. The molecule has 1 aliphatic carbocycles. The Balaban J connectivity index is 2.50. The maximum atomic E-state index is 13.2. The van der Waals surface area contributed by atoms with E-state index in [1.165, 1.54) is 12.1 Å². The summed E-state index contributed by atoms with van der Waals surface area (Å²) in [5.41, 5.74) is 4.11. The van der Waals surface area contributed by atoms with Crippen LogP contribution < -0.4 is 11.3 Å². The van der Waals surface area contributed by atoms with Gasteiger partial charge in [-0.1, -0.05) is 6.07 Å². The van der Waals surface area contributed by atoms with Crippen LogP contribution in [0.25, 0.3) is 10.9 Å². The van der Waals surface area contributed by atoms with Gasteiger partial charge in [-0.25, -0.2) is 4.98 Å². The third kappa shape index (κ3) is 2.12. The van der Waals surface area contributed by atoms with Crippen LogP contribution in [0.15, 0.2) is 23.0 Å². The number of rotatable bonds is 1. The summed E-state index contributed by atoms with van der Waals surface area (Å²) >= 11 is 0. The highest BCUT2D eigenvalue weighted by Gasteiger charge is 2.30. The van der Waals surface area contributed by atoms with Crippen molar-refractivity contribution in [1.29, 1.82) is 0 Å². The van der Waals surface area contributed by atoms with E-state index in [-0.39, 0.29) is 27.2 Å². The number of nitrogens with two attached hydrogens (primary N) is 1. The van der Waals surface area contributed by atoms with Crippen molar-refractivity contribution < 1.29 is 19.2 Å². The second-order valence-corrected chi connectivity index (χ2v) is 4.51. The number of aromatic nitrogens is 2. The smallest absolute Gasteiger partial charge is 0.264 e. The van der Waals surface area contributed by atoms with Crippen LogP contribution >= 0.6 is 0 Å². The first kappa shape index (κ1) is 7.49. The van der Waals surface area contributed by atoms with Gasteiger partial charge in [-0.05, 0) is 25.4 Å². The average Bonchev–Trinajstić information content (AvgIpc) is 2.60. The molecule has 3 rings (SSSR count). The highest BCUT2D eigenvalue weighted by Crippen LogP contribution is 2.24. The fourth-order valence-electron chi connectivity index (χ4n) is 2.19. The normalized spacial score (nSPS) is 35.1. The molecule has 1 aliphatic rings. The highest BCUT2D eigenvalue weighted by atomic mass is 16.2. The zero-order chi connectivity index (χ0) is 21.2. The second kappa shape index (κ2) is 4.80. The third-order valence-electron chi connectivity index (χ3n) is 3.15. The molecule has 1 saturated carbocycles. The Labute approximate surface area is 130 Å². The maximum Gasteiger partial charge on any atom is 0.264 e. The van der Waals surface area contributed by atoms with E-state index in [1.807, 2.05) is 0 Å². The Bertz CT molecular complexity index is 1080. The zero-order valence-electron chi connectivity index (χ0n) is 17.7. The highest BCUT2D eigenvalue weighted by molar-refractivity contribution is 6.03. The number of benzene rings is 1. The van der Waals surface area contributed by atoms with Gasteiger partial charge in [0.15, 0.2) is 5.78 Å². The van der Waals surface area contributed by atoms with Crippen molar-refractivity contribution >= 4 is 28.2 Å². The number of ketones is 2. The molecule has 2 N–H and O–H groups in total. The number of carbonyl (C=O) groups excluding carboxylic acids is 2. The first-order valence-corrected chi connectivity index (χ1v) is 6.05. The number of carbonyl (C=O) groups is 2. The molecule has 108 valence electrons. The summed E-state index contributed by atoms with van der Waals surface area (Å²) in [5.74, 6) is -3.00. The number of Topliss-reactive ketones (excluding diaryl/α,β-unsaturated/α-hetero) is 2. The van der Waals surface area contributed by atoms with Crippen molar-refractivity contribution in [3.05, 3.63) is 34.4 Å². The van der Waals surface area contributed by atoms with E-state index in [0.29, 0.717) is 0 Å². The van der Waals surface area contributed by atoms with Gasteiger partial charge < -0.3 is 5.73 Å². The molecule has 0 saturated heterocycles. The SMILES string of the molecule is [2H]c1ccc2nc(C([2H])([2H])[2H])n(C3([2H])C(=O)CC(=O)C([2H])C3[2H])c(=O)c2c1N. The molecule has 3 unspecified atom stereocenters. The minimum absolute atomic E-state index is 0.146. The molecule has 0 radical (unpaired) electrons. The maximum absolute atomic E-state index is 13.2. The van der Waals surface area contributed by atoms with Crippen molar-refractivity contribution in [3.8, 4) is 0 Å². The largest absolute Gasteiger partial charge is 0.398 e. The van der Waals surface area contributed by atoms with Crippen LogP contribution in [0, 0.1) is 6.85 Å². The van der Waals surface area contributed by atoms with Crippen LogP contribution in [-0.4, -0.2) is 21.1 Å². The summed E-state index contributed by atoms with van der Waals surface area (Å²) in [4.78, 5) is 41.3. The van der Waals surface area contributed by atoms with Gasteiger partial charge in [0.1, 0.15) is 11.6 Å². The van der Waals surface area contributed by atoms with Gasteiger partial charge in [-0.15, -0.1) is 0 Å². The lowest BCUT2D eigenvalue weighted by Gasteiger charge is -2.24. The molecule has 0 bridgehead atoms. The van der Waals surface area contributed by atoms with Crippen LogP contribution in [0.1, 0.15) is 40.7 Å². The summed E-state index contributed by atoms with van der Waals surface area (Å²) < 4.78 is 55.4. The monoisotopic (exact) mass is 292 g/mol. The molecule has 21 heavy (non-hydrogen) atoms. The Hall–Kier alpha value is -2.50. The lowest BCUT2D eigenvalue weighted by molar-refractivity contribution is -0.132. The fraction of sp³-hybridized carbons (Fsp3) is 0.333. The number of hydrogen-bond donors (Lipinski definition) is 1. The molecular weight excluding hydrogens is 270 g/mol. The molecule has 6 heteroatoms. The Kier molecular flexibility index (Phi) is 1.71. The quantitative estimate of drug-likeness (QED) is 0.628. The third-order valence-corrected chi connectivity index (χ3v) is 3.15. The Morgan fingerprint density at radius 2 is 2.38 bits per heavy atom. The number of hydrogen-bond acceptors (Lipinski definition) is 5. The van der Waals surface area contributed by atoms with Gasteiger partial charge in [-0.3, -0.25) is 19.0 Å². The van der Waals surface area contributed by atoms with E-state index in [2.05, 4.69) is 4.98 Å². The van der Waals surface area contributed by atoms with E-state index in [0.717, 1.165) is 0 Å². The Morgan fingerprint density at radius 1 is 1.57 bits per heavy atom. The summed E-state index contributed by atoms with van der Waals surface area (Å²) in [6, 6.07) is -0.674. The number of fused-ring (bicyclic) bond motifs is 1. The van der Waals surface area contributed by atoms with Gasteiger partial charge in [0.05, 0.1) is 26.1 Å². The minimum Gasteiger partial charge on any atom is -0.398 e. The molecule has 1 heterocycles. The second-order valence-electron chi connectivity index (χ2n) is 4.51. The summed E-state index contributed by atoms with van der Waals surface area (Å²) in [6.45, 7) is -3.05. The lowest BCUT2D eigenvalue weighted by atomic mass is 9.92. The van der Waals surface area contributed by atoms with E-state index < -0.39 is 55.0 Å². The summed E-state index contributed by atoms with van der Waals surface area (Å²) in [7, 11) is 0. The molecule has 0 amide bonds. The van der Waals surface area contributed by atoms with Crippen LogP contribution in [0.2, 0.25) is 0 Å². The Morgan fingerprint density at radius 3 is 3.14 bits per heavy atom. The van der Waals surface area contributed by atoms with Crippen LogP contribution in [0.4, 0.5) is 5.69 Å². The van der Waals surface area contributed by atoms with E-state index in [9.17, 15) is 14.4 Å². The van der Waals surface area contributed by atoms with Crippen molar-refractivity contribution in [1.82, 2.24) is 9.55 Å². The fourth-order valence-corrected chi connectivity index (χ4v) is 2.19. The molecule has 0 spiro atoms. The van der Waals surface area contributed by atoms with Gasteiger partial charge in [0, 0.05) is 18.9 Å². The van der Waals surface area contributed by atoms with Crippen molar-refractivity contribution in [3.63, 3.8) is 0 Å². The summed E-state index contributed by atoms with van der Waals surface area (Å²) in [6.07, 6.45) is -4.76. The van der Waals surface area contributed by atoms with Gasteiger partial charge in [0.2, 0.25) is 0 Å². The van der Waals surface area contributed by atoms with E-state index in [1.54, 1.807) is 0 Å². The molecule has 1 aromatic carbocycles. The van der Waals surface area contributed by atoms with Gasteiger partial charge in [-0.2, -0.15) is 0 Å². The van der Waals surface area contributed by atoms with Crippen molar-refractivity contribution in [2.24, 2.45) is 0 Å². The molecule has 6 nitrogen and oxygen atoms in total.